The topological polar surface area (TPSA) is 21.3 Å². The number of halogens is 1. The molecule has 0 aromatic heterocycles. The first-order valence-electron chi connectivity index (χ1n) is 5.51. The smallest absolute Gasteiger partial charge is 0.149 e. The number of hydrogen-bond acceptors (Lipinski definition) is 2. The van der Waals surface area contributed by atoms with Crippen LogP contribution in [0.3, 0.4) is 0 Å². The van der Waals surface area contributed by atoms with Crippen LogP contribution in [0.15, 0.2) is 18.2 Å². The highest BCUT2D eigenvalue weighted by atomic mass is 35.5. The van der Waals surface area contributed by atoms with Gasteiger partial charge in [-0.3, -0.25) is 0 Å². The second kappa shape index (κ2) is 4.86. The van der Waals surface area contributed by atoms with Crippen molar-refractivity contribution in [1.29, 1.82) is 0 Å². The van der Waals surface area contributed by atoms with Gasteiger partial charge in [-0.25, -0.2) is 0 Å². The maximum atomic E-state index is 5.65. The third-order valence-corrected chi connectivity index (χ3v) is 3.18. The minimum atomic E-state index is 0.757. The predicted octanol–water partition coefficient (Wildman–Crippen LogP) is 3.59. The van der Waals surface area contributed by atoms with Crippen molar-refractivity contribution in [3.05, 3.63) is 23.2 Å². The highest BCUT2D eigenvalue weighted by Crippen LogP contribution is 2.45. The first kappa shape index (κ1) is 10.8. The van der Waals surface area contributed by atoms with Gasteiger partial charge in [-0.2, -0.15) is 0 Å². The van der Waals surface area contributed by atoms with Gasteiger partial charge in [0.2, 0.25) is 0 Å². The molecule has 15 heavy (non-hydrogen) atoms. The van der Waals surface area contributed by atoms with Crippen LogP contribution in [0, 0.1) is 0 Å². The Hall–Kier alpha value is -0.730. The first-order chi connectivity index (χ1) is 7.31. The zero-order valence-electron chi connectivity index (χ0n) is 8.92. The monoisotopic (exact) mass is 225 g/mol. The molecule has 0 saturated carbocycles. The summed E-state index contributed by atoms with van der Waals surface area (Å²) in [6, 6.07) is 6.45. The van der Waals surface area contributed by atoms with Crippen LogP contribution in [0.1, 0.15) is 26.2 Å². The van der Waals surface area contributed by atoms with E-state index in [2.05, 4.69) is 12.2 Å². The van der Waals surface area contributed by atoms with E-state index in [0.717, 1.165) is 22.6 Å². The summed E-state index contributed by atoms with van der Waals surface area (Å²) in [6.07, 6.45) is 4.09. The molecule has 0 radical (unpaired) electrons. The minimum Gasteiger partial charge on any atom is -0.454 e. The lowest BCUT2D eigenvalue weighted by atomic mass is 10.2. The molecular formula is C12H16ClNO. The van der Waals surface area contributed by atoms with Crippen LogP contribution in [0.25, 0.3) is 0 Å². The molecule has 2 bridgehead atoms. The normalized spacial score (nSPS) is 21.1. The van der Waals surface area contributed by atoms with Gasteiger partial charge >= 0.3 is 0 Å². The van der Waals surface area contributed by atoms with Crippen LogP contribution >= 0.6 is 11.6 Å². The van der Waals surface area contributed by atoms with E-state index in [-0.39, 0.29) is 0 Å². The summed E-state index contributed by atoms with van der Waals surface area (Å²) in [5.74, 6) is 1.59. The number of fused-ring (bicyclic) bond motifs is 2. The zero-order chi connectivity index (χ0) is 10.7. The lowest BCUT2D eigenvalue weighted by molar-refractivity contribution is 0.439. The summed E-state index contributed by atoms with van der Waals surface area (Å²) in [4.78, 5) is 0. The molecule has 1 N–H and O–H groups in total. The summed E-state index contributed by atoms with van der Waals surface area (Å²) < 4.78 is 5.01. The Morgan fingerprint density at radius 3 is 2.47 bits per heavy atom. The molecule has 1 saturated heterocycles. The Kier molecular flexibility index (Phi) is 3.49. The molecule has 2 nitrogen and oxygen atoms in total. The molecule has 1 fully saturated rings. The average molecular weight is 226 g/mol. The Labute approximate surface area is 95.6 Å². The fourth-order valence-corrected chi connectivity index (χ4v) is 2.03. The molecule has 3 aliphatic rings. The molecule has 3 heteroatoms. The predicted molar refractivity (Wildman–Crippen MR) is 62.8 cm³/mol. The molecule has 1 aromatic rings. The highest BCUT2D eigenvalue weighted by molar-refractivity contribution is 6.34. The number of nitrogens with one attached hydrogen (secondary N) is 1. The second-order valence-corrected chi connectivity index (χ2v) is 4.25. The average Bonchev–Trinajstić information content (AvgIpc) is 2.83. The van der Waals surface area contributed by atoms with E-state index in [9.17, 15) is 0 Å². The lowest BCUT2D eigenvalue weighted by Gasteiger charge is -2.18. The van der Waals surface area contributed by atoms with Crippen molar-refractivity contribution >= 4 is 11.6 Å². The fraction of sp³-hybridized carbons (Fsp3) is 0.500. The fourth-order valence-electron chi connectivity index (χ4n) is 1.83. The zero-order valence-corrected chi connectivity index (χ0v) is 9.68. The van der Waals surface area contributed by atoms with Gasteiger partial charge in [0.15, 0.2) is 0 Å². The summed E-state index contributed by atoms with van der Waals surface area (Å²) in [6.45, 7) is 3.49. The SMILES string of the molecule is CCC1CCCN1.Clc1c2cccc1O2. The third kappa shape index (κ3) is 2.44. The van der Waals surface area contributed by atoms with Crippen LogP contribution in [-0.4, -0.2) is 12.6 Å². The van der Waals surface area contributed by atoms with Crippen molar-refractivity contribution in [2.24, 2.45) is 0 Å². The van der Waals surface area contributed by atoms with E-state index in [1.54, 1.807) is 0 Å². The molecule has 82 valence electrons. The Morgan fingerprint density at radius 2 is 2.20 bits per heavy atom. The molecular weight excluding hydrogens is 210 g/mol. The molecule has 1 unspecified atom stereocenters. The molecule has 3 heterocycles. The summed E-state index contributed by atoms with van der Waals surface area (Å²) in [7, 11) is 0. The molecule has 3 aliphatic heterocycles. The first-order valence-corrected chi connectivity index (χ1v) is 5.89. The van der Waals surface area contributed by atoms with E-state index >= 15 is 0 Å². The van der Waals surface area contributed by atoms with Crippen molar-refractivity contribution < 1.29 is 4.74 Å². The van der Waals surface area contributed by atoms with E-state index in [4.69, 9.17) is 16.3 Å². The Balaban J connectivity index is 0.000000115. The van der Waals surface area contributed by atoms with Crippen LogP contribution in [0.5, 0.6) is 11.5 Å². The van der Waals surface area contributed by atoms with E-state index < -0.39 is 0 Å². The molecule has 1 aromatic carbocycles. The van der Waals surface area contributed by atoms with Crippen molar-refractivity contribution in [3.63, 3.8) is 0 Å². The number of benzene rings is 1. The van der Waals surface area contributed by atoms with Crippen LogP contribution in [0.4, 0.5) is 0 Å². The summed E-state index contributed by atoms with van der Waals surface area (Å²) >= 11 is 5.65. The van der Waals surface area contributed by atoms with Crippen molar-refractivity contribution in [3.8, 4) is 11.5 Å². The van der Waals surface area contributed by atoms with E-state index in [1.807, 2.05) is 18.2 Å². The summed E-state index contributed by atoms with van der Waals surface area (Å²) in [5.41, 5.74) is 0. The molecule has 0 aliphatic carbocycles. The van der Waals surface area contributed by atoms with Gasteiger partial charge in [0, 0.05) is 6.04 Å². The van der Waals surface area contributed by atoms with Crippen molar-refractivity contribution in [2.75, 3.05) is 6.54 Å². The van der Waals surface area contributed by atoms with Gasteiger partial charge in [-0.05, 0) is 37.9 Å². The Bertz CT molecular complexity index is 314. The standard InChI is InChI=1S/C6H3ClO.C6H13N/c7-6-4-2-1-3-5(6)8-4;1-2-6-4-3-5-7-6/h1-3H;6-7H,2-5H2,1H3. The largest absolute Gasteiger partial charge is 0.454 e. The molecule has 0 spiro atoms. The molecule has 4 rings (SSSR count). The van der Waals surface area contributed by atoms with Gasteiger partial charge in [-0.15, -0.1) is 0 Å². The van der Waals surface area contributed by atoms with Gasteiger partial charge < -0.3 is 10.1 Å². The second-order valence-electron chi connectivity index (χ2n) is 3.87. The maximum Gasteiger partial charge on any atom is 0.149 e. The molecule has 1 atom stereocenters. The van der Waals surface area contributed by atoms with E-state index in [1.165, 1.54) is 25.8 Å². The number of hydrogen-bond donors (Lipinski definition) is 1. The van der Waals surface area contributed by atoms with Crippen LogP contribution in [0.2, 0.25) is 5.02 Å². The lowest BCUT2D eigenvalue weighted by Crippen LogP contribution is -2.19. The van der Waals surface area contributed by atoms with Crippen molar-refractivity contribution in [2.45, 2.75) is 32.2 Å². The minimum absolute atomic E-state index is 0.757. The Morgan fingerprint density at radius 1 is 1.47 bits per heavy atom. The van der Waals surface area contributed by atoms with Crippen molar-refractivity contribution in [1.82, 2.24) is 5.32 Å². The maximum absolute atomic E-state index is 5.65. The van der Waals surface area contributed by atoms with Crippen LogP contribution in [-0.2, 0) is 0 Å². The van der Waals surface area contributed by atoms with E-state index in [0.29, 0.717) is 0 Å². The highest BCUT2D eigenvalue weighted by Gasteiger charge is 2.17. The van der Waals surface area contributed by atoms with Gasteiger partial charge in [-0.1, -0.05) is 24.6 Å². The quantitative estimate of drug-likeness (QED) is 0.801. The third-order valence-electron chi connectivity index (χ3n) is 2.80. The van der Waals surface area contributed by atoms with Gasteiger partial charge in [0.25, 0.3) is 0 Å². The number of ether oxygens (including phenoxy) is 1. The summed E-state index contributed by atoms with van der Waals surface area (Å²) in [5, 5.41) is 4.16. The van der Waals surface area contributed by atoms with Gasteiger partial charge in [0.1, 0.15) is 16.5 Å². The van der Waals surface area contributed by atoms with Crippen LogP contribution < -0.4 is 10.1 Å². The van der Waals surface area contributed by atoms with Gasteiger partial charge in [0.05, 0.1) is 0 Å². The number of rotatable bonds is 1. The molecule has 0 amide bonds.